The van der Waals surface area contributed by atoms with E-state index in [4.69, 9.17) is 27.3 Å². The van der Waals surface area contributed by atoms with E-state index in [0.29, 0.717) is 23.1 Å². The van der Waals surface area contributed by atoms with Gasteiger partial charge in [-0.15, -0.1) is 12.4 Å². The number of nitrogens with zero attached hydrogens (tertiary/aromatic N) is 2. The highest BCUT2D eigenvalue weighted by atomic mass is 35.5. The molecule has 1 aliphatic heterocycles. The van der Waals surface area contributed by atoms with Crippen LogP contribution in [0.4, 0.5) is 0 Å². The molecule has 6 heteroatoms. The van der Waals surface area contributed by atoms with Gasteiger partial charge < -0.3 is 10.5 Å². The molecule has 1 heterocycles. The van der Waals surface area contributed by atoms with Crippen LogP contribution in [0.25, 0.3) is 0 Å². The molecule has 0 bridgehead atoms. The molecule has 116 valence electrons. The lowest BCUT2D eigenvalue weighted by Gasteiger charge is -2.19. The average molecular weight is 330 g/mol. The van der Waals surface area contributed by atoms with Crippen LogP contribution in [0.2, 0.25) is 5.02 Å². The average Bonchev–Trinajstić information content (AvgIpc) is 2.89. The third-order valence-corrected chi connectivity index (χ3v) is 3.98. The van der Waals surface area contributed by atoms with Crippen molar-refractivity contribution in [1.29, 1.82) is 5.26 Å². The molecule has 4 nitrogen and oxygen atoms in total. The molecule has 1 aromatic rings. The topological polar surface area (TPSA) is 62.3 Å². The van der Waals surface area contributed by atoms with Crippen LogP contribution < -0.4 is 10.5 Å². The molecule has 21 heavy (non-hydrogen) atoms. The van der Waals surface area contributed by atoms with Crippen molar-refractivity contribution in [2.75, 3.05) is 26.2 Å². The fourth-order valence-corrected chi connectivity index (χ4v) is 2.81. The lowest BCUT2D eigenvalue weighted by molar-refractivity contribution is 0.297. The first-order chi connectivity index (χ1) is 9.67. The summed E-state index contributed by atoms with van der Waals surface area (Å²) in [5, 5.41) is 9.53. The quantitative estimate of drug-likeness (QED) is 0.902. The summed E-state index contributed by atoms with van der Waals surface area (Å²) in [7, 11) is 0. The molecule has 0 amide bonds. The Kier molecular flexibility index (Phi) is 7.27. The van der Waals surface area contributed by atoms with Crippen LogP contribution in [-0.2, 0) is 6.54 Å². The Morgan fingerprint density at radius 2 is 2.29 bits per heavy atom. The Bertz CT molecular complexity index is 516. The van der Waals surface area contributed by atoms with Gasteiger partial charge in [0.05, 0.1) is 17.2 Å². The SMILES string of the molecule is CCOc1cc(C#N)c(Cl)cc1CN1CC[C@H](CN)C1.Cl. The van der Waals surface area contributed by atoms with Gasteiger partial charge in [-0.2, -0.15) is 5.26 Å². The van der Waals surface area contributed by atoms with Crippen molar-refractivity contribution in [2.24, 2.45) is 11.7 Å². The number of ether oxygens (including phenoxy) is 1. The molecule has 0 saturated carbocycles. The van der Waals surface area contributed by atoms with Crippen molar-refractivity contribution >= 4 is 24.0 Å². The number of benzene rings is 1. The van der Waals surface area contributed by atoms with Gasteiger partial charge >= 0.3 is 0 Å². The standard InChI is InChI=1S/C15H20ClN3O.ClH/c1-2-20-15-6-12(8-18)14(16)5-13(15)10-19-4-3-11(7-17)9-19;/h5-6,11H,2-4,7,9-10,17H2,1H3;1H/t11-;/m1./s1. The van der Waals surface area contributed by atoms with E-state index in [9.17, 15) is 0 Å². The molecule has 2 N–H and O–H groups in total. The number of hydrogen-bond acceptors (Lipinski definition) is 4. The predicted molar refractivity (Wildman–Crippen MR) is 87.0 cm³/mol. The van der Waals surface area contributed by atoms with Crippen LogP contribution in [0.3, 0.4) is 0 Å². The number of rotatable bonds is 5. The maximum absolute atomic E-state index is 9.04. The normalized spacial score (nSPS) is 18.1. The third-order valence-electron chi connectivity index (χ3n) is 3.67. The summed E-state index contributed by atoms with van der Waals surface area (Å²) in [4.78, 5) is 2.36. The number of halogens is 2. The van der Waals surface area contributed by atoms with Gasteiger partial charge in [-0.1, -0.05) is 11.6 Å². The number of nitrogens with two attached hydrogens (primary N) is 1. The second-order valence-electron chi connectivity index (χ2n) is 5.11. The van der Waals surface area contributed by atoms with Gasteiger partial charge in [0.15, 0.2) is 0 Å². The first-order valence-corrected chi connectivity index (χ1v) is 7.33. The summed E-state index contributed by atoms with van der Waals surface area (Å²) in [5.74, 6) is 1.34. The fraction of sp³-hybridized carbons (Fsp3) is 0.533. The van der Waals surface area contributed by atoms with Gasteiger partial charge in [0.25, 0.3) is 0 Å². The van der Waals surface area contributed by atoms with E-state index < -0.39 is 0 Å². The number of likely N-dealkylation sites (tertiary alicyclic amines) is 1. The summed E-state index contributed by atoms with van der Waals surface area (Å²) < 4.78 is 5.64. The van der Waals surface area contributed by atoms with Crippen molar-refractivity contribution in [1.82, 2.24) is 4.90 Å². The molecule has 1 atom stereocenters. The van der Waals surface area contributed by atoms with Crippen LogP contribution in [0.15, 0.2) is 12.1 Å². The lowest BCUT2D eigenvalue weighted by Crippen LogP contribution is -2.23. The molecule has 1 aliphatic rings. The predicted octanol–water partition coefficient (Wildman–Crippen LogP) is 2.81. The molecule has 0 aliphatic carbocycles. The minimum atomic E-state index is 0. The van der Waals surface area contributed by atoms with Crippen molar-refractivity contribution in [3.8, 4) is 11.8 Å². The molecule has 1 aromatic carbocycles. The monoisotopic (exact) mass is 329 g/mol. The van der Waals surface area contributed by atoms with Gasteiger partial charge in [0, 0.05) is 18.7 Å². The molecule has 1 saturated heterocycles. The molecular weight excluding hydrogens is 309 g/mol. The molecular formula is C15H21Cl2N3O. The zero-order valence-corrected chi connectivity index (χ0v) is 13.7. The van der Waals surface area contributed by atoms with E-state index in [-0.39, 0.29) is 12.4 Å². The summed E-state index contributed by atoms with van der Waals surface area (Å²) in [6.45, 7) is 6.10. The van der Waals surface area contributed by atoms with Crippen LogP contribution in [0.5, 0.6) is 5.75 Å². The van der Waals surface area contributed by atoms with Gasteiger partial charge in [0.1, 0.15) is 11.8 Å². The highest BCUT2D eigenvalue weighted by Crippen LogP contribution is 2.29. The van der Waals surface area contributed by atoms with Gasteiger partial charge in [-0.05, 0) is 44.5 Å². The Labute approximate surface area is 137 Å². The fourth-order valence-electron chi connectivity index (χ4n) is 2.58. The van der Waals surface area contributed by atoms with E-state index in [2.05, 4.69) is 11.0 Å². The molecule has 0 radical (unpaired) electrons. The van der Waals surface area contributed by atoms with Crippen LogP contribution in [0.1, 0.15) is 24.5 Å². The van der Waals surface area contributed by atoms with E-state index in [1.807, 2.05) is 13.0 Å². The third kappa shape index (κ3) is 4.49. The van der Waals surface area contributed by atoms with Crippen molar-refractivity contribution in [3.05, 3.63) is 28.3 Å². The molecule has 2 rings (SSSR count). The summed E-state index contributed by atoms with van der Waals surface area (Å²) in [5.41, 5.74) is 7.21. The molecule has 0 spiro atoms. The van der Waals surface area contributed by atoms with Gasteiger partial charge in [-0.25, -0.2) is 0 Å². The van der Waals surface area contributed by atoms with E-state index in [1.54, 1.807) is 6.07 Å². The highest BCUT2D eigenvalue weighted by Gasteiger charge is 2.22. The Morgan fingerprint density at radius 1 is 1.52 bits per heavy atom. The molecule has 1 fully saturated rings. The highest BCUT2D eigenvalue weighted by molar-refractivity contribution is 6.31. The molecule has 0 unspecified atom stereocenters. The van der Waals surface area contributed by atoms with Crippen molar-refractivity contribution in [2.45, 2.75) is 19.9 Å². The minimum absolute atomic E-state index is 0. The maximum atomic E-state index is 9.04. The smallest absolute Gasteiger partial charge is 0.125 e. The van der Waals surface area contributed by atoms with E-state index in [1.165, 1.54) is 0 Å². The van der Waals surface area contributed by atoms with Gasteiger partial charge in [-0.3, -0.25) is 4.90 Å². The van der Waals surface area contributed by atoms with Gasteiger partial charge in [0.2, 0.25) is 0 Å². The summed E-state index contributed by atoms with van der Waals surface area (Å²) in [6, 6.07) is 5.67. The first kappa shape index (κ1) is 18.1. The Hall–Kier alpha value is -0.990. The van der Waals surface area contributed by atoms with Crippen molar-refractivity contribution in [3.63, 3.8) is 0 Å². The van der Waals surface area contributed by atoms with Crippen LogP contribution >= 0.6 is 24.0 Å². The summed E-state index contributed by atoms with van der Waals surface area (Å²) >= 11 is 6.13. The second-order valence-corrected chi connectivity index (χ2v) is 5.52. The Morgan fingerprint density at radius 3 is 2.86 bits per heavy atom. The zero-order chi connectivity index (χ0) is 14.5. The maximum Gasteiger partial charge on any atom is 0.125 e. The van der Waals surface area contributed by atoms with Crippen molar-refractivity contribution < 1.29 is 4.74 Å². The van der Waals surface area contributed by atoms with Crippen LogP contribution in [0, 0.1) is 17.2 Å². The minimum Gasteiger partial charge on any atom is -0.493 e. The molecule has 0 aromatic heterocycles. The largest absolute Gasteiger partial charge is 0.493 e. The van der Waals surface area contributed by atoms with Crippen LogP contribution in [-0.4, -0.2) is 31.1 Å². The lowest BCUT2D eigenvalue weighted by atomic mass is 10.1. The number of nitriles is 1. The number of hydrogen-bond donors (Lipinski definition) is 1. The second kappa shape index (κ2) is 8.45. The zero-order valence-electron chi connectivity index (χ0n) is 12.1. The van der Waals surface area contributed by atoms with E-state index in [0.717, 1.165) is 43.9 Å². The Balaban J connectivity index is 0.00000220. The first-order valence-electron chi connectivity index (χ1n) is 6.95. The van der Waals surface area contributed by atoms with E-state index >= 15 is 0 Å². The summed E-state index contributed by atoms with van der Waals surface area (Å²) in [6.07, 6.45) is 1.14.